The number of nitrogens with zero attached hydrogens (tertiary/aromatic N) is 3. The number of hydrogen-bond donors (Lipinski definition) is 1. The van der Waals surface area contributed by atoms with Crippen LogP contribution in [-0.4, -0.2) is 40.6 Å². The first-order valence-electron chi connectivity index (χ1n) is 10.3. The zero-order chi connectivity index (χ0) is 23.1. The molecule has 1 aromatic heterocycles. The third kappa shape index (κ3) is 5.13. The molecule has 0 unspecified atom stereocenters. The third-order valence-electron chi connectivity index (χ3n) is 5.01. The number of methoxy groups -OCH3 is 2. The average Bonchev–Trinajstić information content (AvgIpc) is 3.21. The molecule has 7 nitrogen and oxygen atoms in total. The number of carbonyl (C=O) groups is 1. The van der Waals surface area contributed by atoms with Crippen molar-refractivity contribution in [2.24, 2.45) is 0 Å². The Morgan fingerprint density at radius 1 is 1.19 bits per heavy atom. The van der Waals surface area contributed by atoms with Gasteiger partial charge in [-0.2, -0.15) is 0 Å². The third-order valence-corrected chi connectivity index (χ3v) is 5.97. The molecule has 0 saturated heterocycles. The van der Waals surface area contributed by atoms with Gasteiger partial charge in [-0.15, -0.1) is 16.8 Å². The van der Waals surface area contributed by atoms with Crippen LogP contribution in [0.2, 0.25) is 0 Å². The topological polar surface area (TPSA) is 78.3 Å². The summed E-state index contributed by atoms with van der Waals surface area (Å²) in [6.45, 7) is 8.43. The molecule has 0 aliphatic rings. The van der Waals surface area contributed by atoms with Gasteiger partial charge in [-0.05, 0) is 42.7 Å². The standard InChI is InChI=1S/C24H28N4O3S/c1-6-13-28-23(18-11-12-19(30-4)20(14-18)31-5)26-27-24(28)32-15-21(29)25-22-16(3)9-8-10-17(22)7-2/h6,8-12,14H,1,7,13,15H2,2-5H3,(H,25,29). The summed E-state index contributed by atoms with van der Waals surface area (Å²) in [6.07, 6.45) is 2.63. The second-order valence-electron chi connectivity index (χ2n) is 7.07. The van der Waals surface area contributed by atoms with Gasteiger partial charge in [-0.25, -0.2) is 0 Å². The molecule has 0 saturated carbocycles. The molecule has 1 heterocycles. The Morgan fingerprint density at radius 2 is 1.97 bits per heavy atom. The van der Waals surface area contributed by atoms with Gasteiger partial charge < -0.3 is 14.8 Å². The first-order valence-corrected chi connectivity index (χ1v) is 11.3. The lowest BCUT2D eigenvalue weighted by atomic mass is 10.1. The Hall–Kier alpha value is -3.26. The van der Waals surface area contributed by atoms with Gasteiger partial charge >= 0.3 is 0 Å². The minimum atomic E-state index is -0.0835. The van der Waals surface area contributed by atoms with E-state index in [0.29, 0.717) is 29.0 Å². The predicted octanol–water partition coefficient (Wildman–Crippen LogP) is 4.75. The summed E-state index contributed by atoms with van der Waals surface area (Å²) in [4.78, 5) is 12.7. The summed E-state index contributed by atoms with van der Waals surface area (Å²) >= 11 is 1.34. The summed E-state index contributed by atoms with van der Waals surface area (Å²) in [5, 5.41) is 12.4. The molecule has 8 heteroatoms. The molecule has 1 amide bonds. The highest BCUT2D eigenvalue weighted by atomic mass is 32.2. The molecule has 0 fully saturated rings. The Labute approximate surface area is 192 Å². The van der Waals surface area contributed by atoms with E-state index in [2.05, 4.69) is 29.0 Å². The first kappa shape index (κ1) is 23.4. The van der Waals surface area contributed by atoms with Gasteiger partial charge in [0.2, 0.25) is 5.91 Å². The lowest BCUT2D eigenvalue weighted by Crippen LogP contribution is -2.16. The van der Waals surface area contributed by atoms with Gasteiger partial charge in [0.1, 0.15) is 0 Å². The van der Waals surface area contributed by atoms with Crippen molar-refractivity contribution in [3.05, 3.63) is 60.2 Å². The van der Waals surface area contributed by atoms with Crippen LogP contribution in [0.5, 0.6) is 11.5 Å². The fourth-order valence-electron chi connectivity index (χ4n) is 3.39. The number of thioether (sulfide) groups is 1. The number of hydrogen-bond acceptors (Lipinski definition) is 6. The summed E-state index contributed by atoms with van der Waals surface area (Å²) in [5.74, 6) is 2.05. The molecular weight excluding hydrogens is 424 g/mol. The van der Waals surface area contributed by atoms with Crippen LogP contribution in [0.15, 0.2) is 54.2 Å². The minimum Gasteiger partial charge on any atom is -0.493 e. The van der Waals surface area contributed by atoms with Gasteiger partial charge in [-0.3, -0.25) is 9.36 Å². The highest BCUT2D eigenvalue weighted by Gasteiger charge is 2.17. The van der Waals surface area contributed by atoms with E-state index in [1.54, 1.807) is 20.3 Å². The SMILES string of the molecule is C=CCn1c(SCC(=O)Nc2c(C)cccc2CC)nnc1-c1ccc(OC)c(OC)c1. The first-order chi connectivity index (χ1) is 15.5. The number of aromatic nitrogens is 3. The molecule has 32 heavy (non-hydrogen) atoms. The number of benzene rings is 2. The van der Waals surface area contributed by atoms with Crippen LogP contribution in [-0.2, 0) is 17.8 Å². The maximum absolute atomic E-state index is 12.7. The number of allylic oxidation sites excluding steroid dienone is 1. The number of rotatable bonds is 10. The van der Waals surface area contributed by atoms with Gasteiger partial charge in [0.05, 0.1) is 20.0 Å². The maximum atomic E-state index is 12.7. The molecule has 0 radical (unpaired) electrons. The van der Waals surface area contributed by atoms with E-state index in [0.717, 1.165) is 28.8 Å². The van der Waals surface area contributed by atoms with E-state index in [1.165, 1.54) is 11.8 Å². The highest BCUT2D eigenvalue weighted by molar-refractivity contribution is 7.99. The van der Waals surface area contributed by atoms with Crippen LogP contribution < -0.4 is 14.8 Å². The number of carbonyl (C=O) groups excluding carboxylic acids is 1. The average molecular weight is 453 g/mol. The molecular formula is C24H28N4O3S. The Bertz CT molecular complexity index is 1110. The van der Waals surface area contributed by atoms with Gasteiger partial charge in [0, 0.05) is 17.8 Å². The lowest BCUT2D eigenvalue weighted by molar-refractivity contribution is -0.113. The molecule has 2 aromatic carbocycles. The maximum Gasteiger partial charge on any atom is 0.234 e. The molecule has 0 aliphatic carbocycles. The summed E-state index contributed by atoms with van der Waals surface area (Å²) in [6, 6.07) is 11.6. The van der Waals surface area contributed by atoms with E-state index in [-0.39, 0.29) is 11.7 Å². The number of amides is 1. The zero-order valence-corrected chi connectivity index (χ0v) is 19.7. The lowest BCUT2D eigenvalue weighted by Gasteiger charge is -2.13. The second kappa shape index (κ2) is 10.9. The van der Waals surface area contributed by atoms with E-state index < -0.39 is 0 Å². The van der Waals surface area contributed by atoms with Crippen molar-refractivity contribution in [3.63, 3.8) is 0 Å². The monoisotopic (exact) mass is 452 g/mol. The van der Waals surface area contributed by atoms with Gasteiger partial charge in [0.25, 0.3) is 0 Å². The van der Waals surface area contributed by atoms with Crippen LogP contribution >= 0.6 is 11.8 Å². The number of anilines is 1. The van der Waals surface area contributed by atoms with Gasteiger partial charge in [-0.1, -0.05) is 43.0 Å². The predicted molar refractivity (Wildman–Crippen MR) is 129 cm³/mol. The fraction of sp³-hybridized carbons (Fsp3) is 0.292. The van der Waals surface area contributed by atoms with E-state index in [9.17, 15) is 4.79 Å². The van der Waals surface area contributed by atoms with Crippen LogP contribution in [0, 0.1) is 6.92 Å². The summed E-state index contributed by atoms with van der Waals surface area (Å²) in [7, 11) is 3.19. The van der Waals surface area contributed by atoms with Crippen LogP contribution in [0.25, 0.3) is 11.4 Å². The fourth-order valence-corrected chi connectivity index (χ4v) is 4.13. The van der Waals surface area contributed by atoms with Crippen LogP contribution in [0.1, 0.15) is 18.1 Å². The molecule has 0 spiro atoms. The zero-order valence-electron chi connectivity index (χ0n) is 18.8. The Balaban J connectivity index is 1.79. The van der Waals surface area contributed by atoms with Crippen molar-refractivity contribution >= 4 is 23.4 Å². The smallest absolute Gasteiger partial charge is 0.234 e. The van der Waals surface area contributed by atoms with Crippen molar-refractivity contribution in [1.82, 2.24) is 14.8 Å². The van der Waals surface area contributed by atoms with E-state index in [4.69, 9.17) is 9.47 Å². The molecule has 168 valence electrons. The van der Waals surface area contributed by atoms with Crippen molar-refractivity contribution in [3.8, 4) is 22.9 Å². The largest absolute Gasteiger partial charge is 0.493 e. The minimum absolute atomic E-state index is 0.0835. The second-order valence-corrected chi connectivity index (χ2v) is 8.02. The quantitative estimate of drug-likeness (QED) is 0.353. The van der Waals surface area contributed by atoms with Gasteiger partial charge in [0.15, 0.2) is 22.5 Å². The van der Waals surface area contributed by atoms with E-state index in [1.807, 2.05) is 47.9 Å². The van der Waals surface area contributed by atoms with E-state index >= 15 is 0 Å². The number of aryl methyl sites for hydroxylation is 2. The van der Waals surface area contributed by atoms with Crippen LogP contribution in [0.4, 0.5) is 5.69 Å². The molecule has 3 aromatic rings. The van der Waals surface area contributed by atoms with Crippen molar-refractivity contribution in [1.29, 1.82) is 0 Å². The van der Waals surface area contributed by atoms with Crippen molar-refractivity contribution in [2.45, 2.75) is 32.0 Å². The Kier molecular flexibility index (Phi) is 7.94. The Morgan fingerprint density at radius 3 is 2.66 bits per heavy atom. The molecule has 0 bridgehead atoms. The molecule has 0 aliphatic heterocycles. The summed E-state index contributed by atoms with van der Waals surface area (Å²) in [5.41, 5.74) is 3.89. The number of para-hydroxylation sites is 1. The van der Waals surface area contributed by atoms with Crippen LogP contribution in [0.3, 0.4) is 0 Å². The molecule has 0 atom stereocenters. The normalized spacial score (nSPS) is 10.6. The summed E-state index contributed by atoms with van der Waals surface area (Å²) < 4.78 is 12.7. The van der Waals surface area contributed by atoms with Crippen molar-refractivity contribution < 1.29 is 14.3 Å². The van der Waals surface area contributed by atoms with Crippen molar-refractivity contribution in [2.75, 3.05) is 25.3 Å². The highest BCUT2D eigenvalue weighted by Crippen LogP contribution is 2.33. The number of ether oxygens (including phenoxy) is 2. The molecule has 1 N–H and O–H groups in total. The molecule has 3 rings (SSSR count). The number of nitrogens with one attached hydrogen (secondary N) is 1.